The zero-order valence-corrected chi connectivity index (χ0v) is 73.6. The highest BCUT2D eigenvalue weighted by molar-refractivity contribution is 6.16. The molecule has 6 heterocycles. The average Bonchev–Trinajstić information content (AvgIpc) is 1.50. The van der Waals surface area contributed by atoms with E-state index in [2.05, 4.69) is 464 Å². The molecule has 28 rings (SSSR count). The van der Waals surface area contributed by atoms with Gasteiger partial charge in [-0.15, -0.1) is 0 Å². The van der Waals surface area contributed by atoms with Gasteiger partial charge in [0, 0.05) is 54.9 Å². The van der Waals surface area contributed by atoms with Crippen LogP contribution in [0.25, 0.3) is 223 Å². The van der Waals surface area contributed by atoms with Gasteiger partial charge in [0.05, 0.1) is 44.3 Å². The molecule has 2 spiro atoms. The second-order valence-electron chi connectivity index (χ2n) is 36.2. The van der Waals surface area contributed by atoms with Gasteiger partial charge in [0.1, 0.15) is 0 Å². The molecule has 2 aliphatic heterocycles. The molecule has 8 heteroatoms. The number of para-hydroxylation sites is 5. The van der Waals surface area contributed by atoms with Crippen molar-refractivity contribution < 1.29 is 0 Å². The predicted molar refractivity (Wildman–Crippen MR) is 554 cm³/mol. The third-order valence-corrected chi connectivity index (χ3v) is 29.1. The lowest BCUT2D eigenvalue weighted by molar-refractivity contribution is 0.748. The van der Waals surface area contributed by atoms with Crippen LogP contribution in [0.15, 0.2) is 473 Å². The fourth-order valence-corrected chi connectivity index (χ4v) is 23.1. The molecule has 136 heavy (non-hydrogen) atoms. The topological polar surface area (TPSA) is 87.2 Å². The van der Waals surface area contributed by atoms with E-state index in [-0.39, 0.29) is 0 Å². The fraction of sp³-hybridized carbons (Fsp3) is 0.0156. The first-order valence-corrected chi connectivity index (χ1v) is 46.6. The zero-order valence-electron chi connectivity index (χ0n) is 73.6. The fourth-order valence-electron chi connectivity index (χ4n) is 23.1. The van der Waals surface area contributed by atoms with Crippen molar-refractivity contribution in [3.05, 3.63) is 518 Å². The van der Waals surface area contributed by atoms with Gasteiger partial charge < -0.3 is 9.13 Å². The Morgan fingerprint density at radius 2 is 0.404 bits per heavy atom. The highest BCUT2D eigenvalue weighted by Gasteiger charge is 2.53. The lowest BCUT2D eigenvalue weighted by Crippen LogP contribution is -2.33. The first-order chi connectivity index (χ1) is 67.4. The third kappa shape index (κ3) is 11.6. The van der Waals surface area contributed by atoms with E-state index in [0.717, 1.165) is 94.7 Å². The molecule has 630 valence electrons. The second-order valence-corrected chi connectivity index (χ2v) is 36.2. The number of hydrogen-bond donors (Lipinski definition) is 0. The van der Waals surface area contributed by atoms with Crippen molar-refractivity contribution in [1.82, 2.24) is 39.0 Å². The van der Waals surface area contributed by atoms with Gasteiger partial charge in [0.15, 0.2) is 34.9 Å². The Hall–Kier alpha value is -18.0. The summed E-state index contributed by atoms with van der Waals surface area (Å²) in [5.41, 5.74) is 42.2. The lowest BCUT2D eigenvalue weighted by Gasteiger charge is -2.39. The van der Waals surface area contributed by atoms with Crippen LogP contribution in [0, 0.1) is 0 Å². The molecular weight excluding hydrogens is 1650 g/mol. The molecule has 2 unspecified atom stereocenters. The molecule has 0 amide bonds. The molecule has 0 saturated heterocycles. The van der Waals surface area contributed by atoms with Crippen LogP contribution in [0.3, 0.4) is 0 Å². The average molecular weight is 1730 g/mol. The minimum absolute atomic E-state index is 0.576. The normalized spacial score (nSPS) is 14.4. The van der Waals surface area contributed by atoms with Crippen LogP contribution in [0.1, 0.15) is 44.5 Å². The number of rotatable bonds is 13. The van der Waals surface area contributed by atoms with Crippen molar-refractivity contribution in [2.75, 3.05) is 0 Å². The highest BCUT2D eigenvalue weighted by atomic mass is 15.1. The van der Waals surface area contributed by atoms with E-state index in [1.54, 1.807) is 0 Å². The summed E-state index contributed by atoms with van der Waals surface area (Å²) in [6.45, 7) is 0. The molecule has 20 aromatic carbocycles. The molecule has 0 bridgehead atoms. The van der Waals surface area contributed by atoms with Gasteiger partial charge >= 0.3 is 0 Å². The summed E-state index contributed by atoms with van der Waals surface area (Å²) in [4.78, 5) is 32.1. The molecule has 0 radical (unpaired) electrons. The van der Waals surface area contributed by atoms with Crippen molar-refractivity contribution in [1.29, 1.82) is 0 Å². The van der Waals surface area contributed by atoms with Crippen LogP contribution in [0.2, 0.25) is 0 Å². The maximum atomic E-state index is 5.53. The Balaban J connectivity index is 0.535. The molecule has 0 N–H and O–H groups in total. The van der Waals surface area contributed by atoms with E-state index in [9.17, 15) is 0 Å². The molecule has 2 atom stereocenters. The van der Waals surface area contributed by atoms with Crippen molar-refractivity contribution in [2.45, 2.75) is 10.8 Å². The number of fused-ring (bicyclic) bond motifs is 24. The maximum Gasteiger partial charge on any atom is 0.164 e. The summed E-state index contributed by atoms with van der Waals surface area (Å²) >= 11 is 0. The molecule has 8 nitrogen and oxygen atoms in total. The van der Waals surface area contributed by atoms with Crippen molar-refractivity contribution >= 4 is 43.6 Å². The summed E-state index contributed by atoms with van der Waals surface area (Å²) < 4.78 is 5.05. The number of hydrogen-bond acceptors (Lipinski definition) is 6. The van der Waals surface area contributed by atoms with Gasteiger partial charge in [-0.3, -0.25) is 0 Å². The number of nitrogens with zero attached hydrogens (tertiary/aromatic N) is 8. The van der Waals surface area contributed by atoms with Crippen LogP contribution in [0.4, 0.5) is 0 Å². The molecule has 0 fully saturated rings. The molecule has 4 aromatic heterocycles. The van der Waals surface area contributed by atoms with Crippen LogP contribution in [-0.4, -0.2) is 39.0 Å². The molecule has 2 aliphatic carbocycles. The number of benzene rings is 20. The molecule has 24 aromatic rings. The first kappa shape index (κ1) is 76.8. The Morgan fingerprint density at radius 3 is 0.853 bits per heavy atom. The van der Waals surface area contributed by atoms with Gasteiger partial charge in [-0.2, -0.15) is 0 Å². The Bertz CT molecular complexity index is 9050. The lowest BCUT2D eigenvalue weighted by atomic mass is 9.65. The van der Waals surface area contributed by atoms with E-state index in [1.807, 2.05) is 18.2 Å². The van der Waals surface area contributed by atoms with Gasteiger partial charge in [-0.25, -0.2) is 29.9 Å². The van der Waals surface area contributed by atoms with Gasteiger partial charge in [-0.05, 0) is 187 Å². The molecular formula is C128H78N8. The summed E-state index contributed by atoms with van der Waals surface area (Å²) in [7, 11) is 0. The van der Waals surface area contributed by atoms with Gasteiger partial charge in [-0.1, -0.05) is 431 Å². The summed E-state index contributed by atoms with van der Waals surface area (Å²) in [5, 5.41) is 4.87. The van der Waals surface area contributed by atoms with Gasteiger partial charge in [0.25, 0.3) is 0 Å². The van der Waals surface area contributed by atoms with Crippen molar-refractivity contribution in [3.63, 3.8) is 0 Å². The Labute approximate surface area is 785 Å². The van der Waals surface area contributed by atoms with E-state index >= 15 is 0 Å². The summed E-state index contributed by atoms with van der Waals surface area (Å²) in [6.07, 6.45) is 0. The standard InChI is InChI=1S/C128H78N8/c1-4-26-79(27-5-1)81-54-56-83(57-55-81)84-62-68-89(69-63-84)122-129-121(88-30-8-3-9-31-88)130-123(131-122)90-70-64-86(65-71-90)98-40-23-48-110-118(98)103-38-11-14-44-106(103)128(110)108-46-16-19-53-116(108)136-114-75-74-94(78-104(114)101-42-25-50-112(128)120(101)136)93-33-21-35-96(77-93)126-133-124(132-125(134-126)95-34-20-32-92(76-95)85-60-58-82(59-61-85)80-28-6-2-7-29-80)91-72-66-87(67-73-91)97-39-22-47-109-117(97)102-37-10-13-43-105(102)127(109)107-45-15-18-52-115(107)135-113-51-17-12-36-99(113)100-41-24-49-111(127)119(100)135/h1-78H. The minimum atomic E-state index is -0.678. The van der Waals surface area contributed by atoms with E-state index < -0.39 is 10.8 Å². The SMILES string of the molecule is c1ccc(-c2ccc(-c3ccc(-c4nc(-c5ccccc5)nc(-c5ccc(-c6cccc7c6-c6ccccc6C76c7ccccc7-n7c8ccc(-c9cccc(-c%10nc(-c%11ccc(-c%12cccc%13c%12-c%12ccccc%12C%13%12c%13ccccc%13-n%13c%14ccccc%14c%14cccc%12c%14%13)cc%11)nc(-c%11cccc(-c%12ccc(-c%13ccccc%13)cc%12)c%11)n%10)c9)cc8c8cccc6c87)cc5)n4)cc3)cc2)cc1. The van der Waals surface area contributed by atoms with Crippen molar-refractivity contribution in [2.24, 2.45) is 0 Å². The van der Waals surface area contributed by atoms with Crippen LogP contribution >= 0.6 is 0 Å². The predicted octanol–water partition coefficient (Wildman–Crippen LogP) is 31.3. The Kier molecular flexibility index (Phi) is 17.1. The second kappa shape index (κ2) is 30.3. The van der Waals surface area contributed by atoms with E-state index in [0.29, 0.717) is 34.9 Å². The zero-order chi connectivity index (χ0) is 89.3. The van der Waals surface area contributed by atoms with Crippen molar-refractivity contribution in [3.8, 4) is 180 Å². The number of aromatic nitrogens is 8. The highest BCUT2D eigenvalue weighted by Crippen LogP contribution is 2.65. The van der Waals surface area contributed by atoms with E-state index in [1.165, 1.54) is 138 Å². The van der Waals surface area contributed by atoms with Crippen LogP contribution < -0.4 is 0 Å². The minimum Gasteiger partial charge on any atom is -0.309 e. The first-order valence-electron chi connectivity index (χ1n) is 46.6. The monoisotopic (exact) mass is 1730 g/mol. The van der Waals surface area contributed by atoms with E-state index in [4.69, 9.17) is 29.9 Å². The third-order valence-electron chi connectivity index (χ3n) is 29.1. The summed E-state index contributed by atoms with van der Waals surface area (Å²) in [6, 6.07) is 173. The quantitative estimate of drug-likeness (QED) is 0.114. The summed E-state index contributed by atoms with van der Waals surface area (Å²) in [5.74, 6) is 3.57. The van der Waals surface area contributed by atoms with Crippen LogP contribution in [-0.2, 0) is 10.8 Å². The van der Waals surface area contributed by atoms with Gasteiger partial charge in [0.2, 0.25) is 0 Å². The smallest absolute Gasteiger partial charge is 0.164 e. The molecule has 0 saturated carbocycles. The van der Waals surface area contributed by atoms with Crippen LogP contribution in [0.5, 0.6) is 0 Å². The maximum absolute atomic E-state index is 5.53. The Morgan fingerprint density at radius 1 is 0.147 bits per heavy atom. The molecule has 4 aliphatic rings. The largest absolute Gasteiger partial charge is 0.309 e.